The number of nitrogens with zero attached hydrogens (tertiary/aromatic N) is 2. The van der Waals surface area contributed by atoms with Gasteiger partial charge in [0.15, 0.2) is 0 Å². The van der Waals surface area contributed by atoms with Gasteiger partial charge in [0.1, 0.15) is 11.5 Å². The lowest BCUT2D eigenvalue weighted by atomic mass is 10.00. The lowest BCUT2D eigenvalue weighted by Crippen LogP contribution is -2.14. The standard InChI is InChI=1S/C21H14ClN3O/c22-15-7-5-6-14(12-15)17-13-19(24-18-9-2-1-8-16(17)18)21(26)25-20-10-3-4-11-23-20/h1-13H,(H,23,25,26). The van der Waals surface area contributed by atoms with E-state index >= 15 is 0 Å². The van der Waals surface area contributed by atoms with Crippen molar-refractivity contribution in [3.05, 3.63) is 89.7 Å². The number of para-hydroxylation sites is 1. The molecule has 4 nitrogen and oxygen atoms in total. The summed E-state index contributed by atoms with van der Waals surface area (Å²) < 4.78 is 0. The van der Waals surface area contributed by atoms with Crippen LogP contribution in [0, 0.1) is 0 Å². The van der Waals surface area contributed by atoms with Crippen molar-refractivity contribution in [2.24, 2.45) is 0 Å². The first-order valence-corrected chi connectivity index (χ1v) is 8.46. The van der Waals surface area contributed by atoms with Gasteiger partial charge in [-0.1, -0.05) is 48.0 Å². The summed E-state index contributed by atoms with van der Waals surface area (Å²) in [5.74, 6) is 0.175. The van der Waals surface area contributed by atoms with Crippen molar-refractivity contribution in [3.63, 3.8) is 0 Å². The smallest absolute Gasteiger partial charge is 0.275 e. The Morgan fingerprint density at radius 3 is 2.58 bits per heavy atom. The van der Waals surface area contributed by atoms with Gasteiger partial charge < -0.3 is 5.32 Å². The summed E-state index contributed by atoms with van der Waals surface area (Å²) in [6.45, 7) is 0. The topological polar surface area (TPSA) is 54.9 Å². The number of halogens is 1. The van der Waals surface area contributed by atoms with E-state index in [0.717, 1.165) is 22.0 Å². The zero-order valence-corrected chi connectivity index (χ0v) is 14.4. The number of anilines is 1. The van der Waals surface area contributed by atoms with Gasteiger partial charge in [0.05, 0.1) is 5.52 Å². The summed E-state index contributed by atoms with van der Waals surface area (Å²) in [5, 5.41) is 4.38. The van der Waals surface area contributed by atoms with Crippen molar-refractivity contribution in [1.29, 1.82) is 0 Å². The number of fused-ring (bicyclic) bond motifs is 1. The average Bonchev–Trinajstić information content (AvgIpc) is 2.68. The van der Waals surface area contributed by atoms with Gasteiger partial charge in [-0.05, 0) is 47.5 Å². The van der Waals surface area contributed by atoms with Gasteiger partial charge in [-0.2, -0.15) is 0 Å². The molecule has 0 aliphatic rings. The third kappa shape index (κ3) is 3.27. The number of rotatable bonds is 3. The Balaban J connectivity index is 1.82. The predicted octanol–water partition coefficient (Wildman–Crippen LogP) is 5.20. The van der Waals surface area contributed by atoms with Crippen molar-refractivity contribution >= 4 is 34.2 Å². The van der Waals surface area contributed by atoms with Gasteiger partial charge in [-0.15, -0.1) is 0 Å². The molecule has 0 unspecified atom stereocenters. The molecule has 0 aliphatic heterocycles. The Hall–Kier alpha value is -3.24. The van der Waals surface area contributed by atoms with Crippen LogP contribution in [0.15, 0.2) is 79.0 Å². The quantitative estimate of drug-likeness (QED) is 0.546. The highest BCUT2D eigenvalue weighted by molar-refractivity contribution is 6.31. The second-order valence-electron chi connectivity index (χ2n) is 5.75. The molecule has 2 aromatic carbocycles. The molecule has 2 heterocycles. The van der Waals surface area contributed by atoms with Crippen LogP contribution in [-0.4, -0.2) is 15.9 Å². The van der Waals surface area contributed by atoms with Gasteiger partial charge in [0.25, 0.3) is 5.91 Å². The third-order valence-corrected chi connectivity index (χ3v) is 4.23. The number of benzene rings is 2. The minimum Gasteiger partial charge on any atom is -0.305 e. The van der Waals surface area contributed by atoms with Crippen LogP contribution in [0.4, 0.5) is 5.82 Å². The van der Waals surface area contributed by atoms with Gasteiger partial charge in [0.2, 0.25) is 0 Å². The normalized spacial score (nSPS) is 10.7. The monoisotopic (exact) mass is 359 g/mol. The Morgan fingerprint density at radius 2 is 1.77 bits per heavy atom. The molecule has 0 saturated carbocycles. The summed E-state index contributed by atoms with van der Waals surface area (Å²) >= 11 is 6.15. The molecular weight excluding hydrogens is 346 g/mol. The number of hydrogen-bond donors (Lipinski definition) is 1. The highest BCUT2D eigenvalue weighted by atomic mass is 35.5. The molecule has 4 rings (SSSR count). The van der Waals surface area contributed by atoms with E-state index < -0.39 is 0 Å². The number of amides is 1. The van der Waals surface area contributed by atoms with E-state index in [-0.39, 0.29) is 5.91 Å². The van der Waals surface area contributed by atoms with Gasteiger partial charge in [-0.3, -0.25) is 4.79 Å². The number of carbonyl (C=O) groups is 1. The Morgan fingerprint density at radius 1 is 0.923 bits per heavy atom. The number of hydrogen-bond acceptors (Lipinski definition) is 3. The zero-order valence-electron chi connectivity index (χ0n) is 13.7. The molecule has 2 aromatic heterocycles. The van der Waals surface area contributed by atoms with Crippen LogP contribution in [0.3, 0.4) is 0 Å². The SMILES string of the molecule is O=C(Nc1ccccn1)c1cc(-c2cccc(Cl)c2)c2ccccc2n1. The van der Waals surface area contributed by atoms with Crippen LogP contribution in [0.2, 0.25) is 5.02 Å². The number of pyridine rings is 2. The van der Waals surface area contributed by atoms with Crippen LogP contribution in [0.1, 0.15) is 10.5 Å². The summed E-state index contributed by atoms with van der Waals surface area (Å²) in [7, 11) is 0. The molecule has 5 heteroatoms. The lowest BCUT2D eigenvalue weighted by Gasteiger charge is -2.10. The van der Waals surface area contributed by atoms with E-state index in [1.165, 1.54) is 0 Å². The summed E-state index contributed by atoms with van der Waals surface area (Å²) in [6, 6.07) is 22.4. The first-order chi connectivity index (χ1) is 12.7. The predicted molar refractivity (Wildman–Crippen MR) is 104 cm³/mol. The first-order valence-electron chi connectivity index (χ1n) is 8.09. The van der Waals surface area contributed by atoms with E-state index in [1.54, 1.807) is 24.4 Å². The van der Waals surface area contributed by atoms with E-state index in [1.807, 2.05) is 54.6 Å². The van der Waals surface area contributed by atoms with Gasteiger partial charge in [0, 0.05) is 16.6 Å². The Bertz CT molecular complexity index is 1100. The van der Waals surface area contributed by atoms with Crippen molar-refractivity contribution in [2.45, 2.75) is 0 Å². The lowest BCUT2D eigenvalue weighted by molar-refractivity contribution is 0.102. The molecule has 0 fully saturated rings. The first kappa shape index (κ1) is 16.2. The fraction of sp³-hybridized carbons (Fsp3) is 0. The van der Waals surface area contributed by atoms with Crippen LogP contribution < -0.4 is 5.32 Å². The Labute approximate surface area is 155 Å². The number of carbonyl (C=O) groups excluding carboxylic acids is 1. The maximum absolute atomic E-state index is 12.7. The van der Waals surface area contributed by atoms with Crippen LogP contribution in [0.5, 0.6) is 0 Å². The Kier molecular flexibility index (Phi) is 4.33. The molecule has 26 heavy (non-hydrogen) atoms. The van der Waals surface area contributed by atoms with E-state index in [0.29, 0.717) is 16.5 Å². The number of nitrogens with one attached hydrogen (secondary N) is 1. The van der Waals surface area contributed by atoms with Crippen LogP contribution >= 0.6 is 11.6 Å². The third-order valence-electron chi connectivity index (χ3n) is 3.99. The largest absolute Gasteiger partial charge is 0.305 e. The fourth-order valence-corrected chi connectivity index (χ4v) is 2.99. The molecule has 0 saturated heterocycles. The van der Waals surface area contributed by atoms with E-state index in [4.69, 9.17) is 11.6 Å². The van der Waals surface area contributed by atoms with Crippen LogP contribution in [-0.2, 0) is 0 Å². The van der Waals surface area contributed by atoms with Crippen molar-refractivity contribution in [3.8, 4) is 11.1 Å². The van der Waals surface area contributed by atoms with Gasteiger partial charge >= 0.3 is 0 Å². The summed E-state index contributed by atoms with van der Waals surface area (Å²) in [5.41, 5.74) is 2.91. The average molecular weight is 360 g/mol. The molecule has 126 valence electrons. The molecule has 0 spiro atoms. The molecule has 0 aliphatic carbocycles. The minimum atomic E-state index is -0.308. The molecule has 1 amide bonds. The highest BCUT2D eigenvalue weighted by Crippen LogP contribution is 2.30. The molecule has 0 bridgehead atoms. The van der Waals surface area contributed by atoms with Crippen molar-refractivity contribution in [1.82, 2.24) is 9.97 Å². The molecule has 1 N–H and O–H groups in total. The molecule has 4 aromatic rings. The van der Waals surface area contributed by atoms with Crippen molar-refractivity contribution < 1.29 is 4.79 Å². The van der Waals surface area contributed by atoms with Crippen molar-refractivity contribution in [2.75, 3.05) is 5.32 Å². The minimum absolute atomic E-state index is 0.308. The molecule has 0 radical (unpaired) electrons. The zero-order chi connectivity index (χ0) is 17.9. The van der Waals surface area contributed by atoms with E-state index in [9.17, 15) is 4.79 Å². The second-order valence-corrected chi connectivity index (χ2v) is 6.19. The molecule has 0 atom stereocenters. The summed E-state index contributed by atoms with van der Waals surface area (Å²) in [4.78, 5) is 21.3. The fourth-order valence-electron chi connectivity index (χ4n) is 2.80. The maximum atomic E-state index is 12.7. The van der Waals surface area contributed by atoms with E-state index in [2.05, 4.69) is 15.3 Å². The van der Waals surface area contributed by atoms with Gasteiger partial charge in [-0.25, -0.2) is 9.97 Å². The molecular formula is C21H14ClN3O. The summed E-state index contributed by atoms with van der Waals surface area (Å²) in [6.07, 6.45) is 1.63. The second kappa shape index (κ2) is 6.94. The number of aromatic nitrogens is 2. The highest BCUT2D eigenvalue weighted by Gasteiger charge is 2.14. The maximum Gasteiger partial charge on any atom is 0.275 e. The van der Waals surface area contributed by atoms with Crippen LogP contribution in [0.25, 0.3) is 22.0 Å².